The first kappa shape index (κ1) is 20.7. The van der Waals surface area contributed by atoms with E-state index in [1.165, 1.54) is 14.2 Å². The molecule has 0 amide bonds. The minimum Gasteiger partial charge on any atom is -0.348 e. The number of rotatable bonds is 4. The number of aliphatic hydroxyl groups is 1. The highest BCUT2D eigenvalue weighted by Gasteiger charge is 2.66. The fourth-order valence-corrected chi connectivity index (χ4v) is 4.22. The van der Waals surface area contributed by atoms with Crippen LogP contribution < -0.4 is 0 Å². The lowest BCUT2D eigenvalue weighted by Gasteiger charge is -2.47. The lowest BCUT2D eigenvalue weighted by atomic mass is 9.81. The largest absolute Gasteiger partial charge is 0.348 e. The predicted octanol–water partition coefficient (Wildman–Crippen LogP) is 3.13. The van der Waals surface area contributed by atoms with Crippen molar-refractivity contribution in [2.45, 2.75) is 31.7 Å². The number of allylic oxidation sites excluding steroid dienone is 2. The Morgan fingerprint density at radius 3 is 2.45 bits per heavy atom. The molecule has 3 aliphatic rings. The van der Waals surface area contributed by atoms with Gasteiger partial charge < -0.3 is 28.9 Å². The third-order valence-electron chi connectivity index (χ3n) is 5.32. The SMILES string of the molecule is COC1(OC)C(C2OCC(C)(C)CO2)=CC=C2C(c3cccc(Br)c3)=NOC21O. The molecule has 1 saturated heterocycles. The number of hydrogen-bond donors (Lipinski definition) is 1. The van der Waals surface area contributed by atoms with Crippen LogP contribution in [0.4, 0.5) is 0 Å². The minimum atomic E-state index is -2.00. The predicted molar refractivity (Wildman–Crippen MR) is 109 cm³/mol. The van der Waals surface area contributed by atoms with E-state index in [9.17, 15) is 5.11 Å². The highest BCUT2D eigenvalue weighted by molar-refractivity contribution is 9.10. The van der Waals surface area contributed by atoms with E-state index >= 15 is 0 Å². The summed E-state index contributed by atoms with van der Waals surface area (Å²) in [6.07, 6.45) is 2.77. The van der Waals surface area contributed by atoms with Crippen LogP contribution >= 0.6 is 15.9 Å². The average Bonchev–Trinajstić information content (AvgIpc) is 3.05. The van der Waals surface area contributed by atoms with Crippen LogP contribution in [0, 0.1) is 5.41 Å². The summed E-state index contributed by atoms with van der Waals surface area (Å²) < 4.78 is 24.2. The maximum atomic E-state index is 11.6. The van der Waals surface area contributed by atoms with Gasteiger partial charge in [-0.1, -0.05) is 53.1 Å². The number of benzene rings is 1. The number of methoxy groups -OCH3 is 2. The van der Waals surface area contributed by atoms with E-state index in [0.717, 1.165) is 10.0 Å². The van der Waals surface area contributed by atoms with Crippen molar-refractivity contribution in [1.29, 1.82) is 0 Å². The van der Waals surface area contributed by atoms with Gasteiger partial charge in [0, 0.05) is 29.7 Å². The van der Waals surface area contributed by atoms with Crippen LogP contribution in [0.15, 0.2) is 57.2 Å². The summed E-state index contributed by atoms with van der Waals surface area (Å²) in [5.41, 5.74) is 2.07. The molecule has 1 aliphatic carbocycles. The monoisotopic (exact) mass is 465 g/mol. The second-order valence-corrected chi connectivity index (χ2v) is 8.95. The van der Waals surface area contributed by atoms with Gasteiger partial charge in [0.1, 0.15) is 5.71 Å². The fourth-order valence-electron chi connectivity index (χ4n) is 3.82. The van der Waals surface area contributed by atoms with E-state index in [1.807, 2.05) is 24.3 Å². The molecule has 1 fully saturated rings. The first-order chi connectivity index (χ1) is 13.8. The maximum absolute atomic E-state index is 11.6. The Hall–Kier alpha value is -1.55. The molecule has 29 heavy (non-hydrogen) atoms. The Labute approximate surface area is 178 Å². The van der Waals surface area contributed by atoms with Crippen molar-refractivity contribution < 1.29 is 28.9 Å². The Kier molecular flexibility index (Phi) is 5.21. The van der Waals surface area contributed by atoms with E-state index in [-0.39, 0.29) is 5.41 Å². The van der Waals surface area contributed by atoms with E-state index in [4.69, 9.17) is 23.8 Å². The molecule has 2 heterocycles. The Morgan fingerprint density at radius 1 is 1.14 bits per heavy atom. The summed E-state index contributed by atoms with van der Waals surface area (Å²) in [6, 6.07) is 7.57. The molecule has 0 radical (unpaired) electrons. The number of nitrogens with zero attached hydrogens (tertiary/aromatic N) is 1. The van der Waals surface area contributed by atoms with E-state index < -0.39 is 17.9 Å². The van der Waals surface area contributed by atoms with E-state index in [0.29, 0.717) is 30.1 Å². The highest BCUT2D eigenvalue weighted by Crippen LogP contribution is 2.49. The van der Waals surface area contributed by atoms with E-state index in [1.54, 1.807) is 12.2 Å². The van der Waals surface area contributed by atoms with Gasteiger partial charge in [-0.2, -0.15) is 0 Å². The van der Waals surface area contributed by atoms with Crippen molar-refractivity contribution >= 4 is 21.6 Å². The zero-order valence-corrected chi connectivity index (χ0v) is 18.4. The van der Waals surface area contributed by atoms with Crippen molar-refractivity contribution in [3.63, 3.8) is 0 Å². The van der Waals surface area contributed by atoms with Crippen molar-refractivity contribution in [2.24, 2.45) is 10.6 Å². The molecule has 0 saturated carbocycles. The third kappa shape index (κ3) is 3.19. The zero-order valence-electron chi connectivity index (χ0n) is 16.8. The van der Waals surface area contributed by atoms with Crippen LogP contribution in [0.3, 0.4) is 0 Å². The second-order valence-electron chi connectivity index (χ2n) is 8.03. The lowest BCUT2D eigenvalue weighted by Crippen LogP contribution is -2.63. The quantitative estimate of drug-likeness (QED) is 0.688. The molecule has 7 nitrogen and oxygen atoms in total. The number of halogens is 1. The van der Waals surface area contributed by atoms with Crippen molar-refractivity contribution in [3.05, 3.63) is 57.6 Å². The number of ether oxygens (including phenoxy) is 4. The van der Waals surface area contributed by atoms with Gasteiger partial charge >= 0.3 is 5.79 Å². The Morgan fingerprint density at radius 2 is 1.83 bits per heavy atom. The van der Waals surface area contributed by atoms with Gasteiger partial charge in [0.2, 0.25) is 0 Å². The summed E-state index contributed by atoms with van der Waals surface area (Å²) in [7, 11) is 2.87. The highest BCUT2D eigenvalue weighted by atomic mass is 79.9. The normalized spacial score (nSPS) is 28.1. The standard InChI is InChI=1S/C21H24BrNO6/c1-19(2)11-27-18(28-12-19)16-9-8-15-17(13-6-5-7-14(22)10-13)23-29-20(15,24)21(16,25-3)26-4/h5-10,18,24H,11-12H2,1-4H3. The first-order valence-electron chi connectivity index (χ1n) is 9.27. The number of hydrogen-bond acceptors (Lipinski definition) is 7. The third-order valence-corrected chi connectivity index (χ3v) is 5.82. The summed E-state index contributed by atoms with van der Waals surface area (Å²) in [4.78, 5) is 5.57. The molecule has 0 aromatic heterocycles. The summed E-state index contributed by atoms with van der Waals surface area (Å²) in [6.45, 7) is 5.10. The zero-order chi connectivity index (χ0) is 20.9. The summed E-state index contributed by atoms with van der Waals surface area (Å²) in [5, 5.41) is 15.8. The van der Waals surface area contributed by atoms with Crippen LogP contribution in [0.2, 0.25) is 0 Å². The van der Waals surface area contributed by atoms with Crippen molar-refractivity contribution in [2.75, 3.05) is 27.4 Å². The van der Waals surface area contributed by atoms with Crippen LogP contribution in [-0.2, 0) is 23.8 Å². The van der Waals surface area contributed by atoms with Gasteiger partial charge in [-0.05, 0) is 18.2 Å². The molecular formula is C21H24BrNO6. The average molecular weight is 466 g/mol. The topological polar surface area (TPSA) is 78.7 Å². The van der Waals surface area contributed by atoms with Gasteiger partial charge in [-0.25, -0.2) is 0 Å². The fraction of sp³-hybridized carbons (Fsp3) is 0.476. The molecule has 4 rings (SSSR count). The molecule has 2 aliphatic heterocycles. The Balaban J connectivity index is 1.76. The van der Waals surface area contributed by atoms with Crippen LogP contribution in [0.25, 0.3) is 0 Å². The molecule has 0 spiro atoms. The smallest absolute Gasteiger partial charge is 0.321 e. The second kappa shape index (κ2) is 7.30. The number of oxime groups is 1. The van der Waals surface area contributed by atoms with Crippen LogP contribution in [0.5, 0.6) is 0 Å². The molecule has 1 aromatic rings. The van der Waals surface area contributed by atoms with Crippen molar-refractivity contribution in [3.8, 4) is 0 Å². The van der Waals surface area contributed by atoms with Gasteiger partial charge in [-0.3, -0.25) is 0 Å². The van der Waals surface area contributed by atoms with Crippen LogP contribution in [-0.4, -0.2) is 56.1 Å². The van der Waals surface area contributed by atoms with E-state index in [2.05, 4.69) is 34.9 Å². The lowest BCUT2D eigenvalue weighted by molar-refractivity contribution is -0.359. The first-order valence-corrected chi connectivity index (χ1v) is 10.1. The molecule has 1 unspecified atom stereocenters. The molecular weight excluding hydrogens is 442 g/mol. The number of fused-ring (bicyclic) bond motifs is 1. The van der Waals surface area contributed by atoms with Gasteiger partial charge in [-0.15, -0.1) is 0 Å². The van der Waals surface area contributed by atoms with Gasteiger partial charge in [0.05, 0.1) is 24.4 Å². The summed E-state index contributed by atoms with van der Waals surface area (Å²) in [5.74, 6) is -3.70. The summed E-state index contributed by atoms with van der Waals surface area (Å²) >= 11 is 3.46. The minimum absolute atomic E-state index is 0.104. The van der Waals surface area contributed by atoms with Gasteiger partial charge in [0.15, 0.2) is 6.29 Å². The van der Waals surface area contributed by atoms with Crippen molar-refractivity contribution in [1.82, 2.24) is 0 Å². The van der Waals surface area contributed by atoms with Crippen LogP contribution in [0.1, 0.15) is 19.4 Å². The molecule has 1 atom stereocenters. The maximum Gasteiger partial charge on any atom is 0.321 e. The molecule has 0 bridgehead atoms. The Bertz CT molecular complexity index is 894. The molecule has 8 heteroatoms. The molecule has 156 valence electrons. The van der Waals surface area contributed by atoms with Gasteiger partial charge in [0.25, 0.3) is 5.79 Å². The molecule has 1 aromatic carbocycles. The molecule has 1 N–H and O–H groups in total.